The summed E-state index contributed by atoms with van der Waals surface area (Å²) in [5.74, 6) is 0.357. The van der Waals surface area contributed by atoms with Gasteiger partial charge in [0, 0.05) is 24.4 Å². The number of benzene rings is 2. The molecule has 0 fully saturated rings. The Morgan fingerprint density at radius 2 is 1.84 bits per heavy atom. The van der Waals surface area contributed by atoms with E-state index in [1.165, 1.54) is 18.0 Å². The highest BCUT2D eigenvalue weighted by molar-refractivity contribution is 6.07. The van der Waals surface area contributed by atoms with E-state index in [4.69, 9.17) is 14.2 Å². The van der Waals surface area contributed by atoms with Gasteiger partial charge in [0.2, 0.25) is 0 Å². The number of carbonyl (C=O) groups excluding carboxylic acids is 2. The monoisotopic (exact) mass is 423 g/mol. The predicted octanol–water partition coefficient (Wildman–Crippen LogP) is 3.66. The number of rotatable bonds is 7. The van der Waals surface area contributed by atoms with Gasteiger partial charge in [-0.15, -0.1) is 0 Å². The minimum Gasteiger partial charge on any atom is -0.496 e. The molecule has 162 valence electrons. The van der Waals surface area contributed by atoms with Crippen LogP contribution in [0.3, 0.4) is 0 Å². The number of hydrogen-bond acceptors (Lipinski definition) is 6. The zero-order chi connectivity index (χ0) is 22.5. The number of nitrogens with zero attached hydrogens (tertiary/aromatic N) is 2. The van der Waals surface area contributed by atoms with Gasteiger partial charge in [0.1, 0.15) is 18.1 Å². The maximum absolute atomic E-state index is 12.8. The van der Waals surface area contributed by atoms with Crippen LogP contribution < -0.4 is 14.8 Å². The number of hydrogen-bond donors (Lipinski definition) is 1. The highest BCUT2D eigenvalue weighted by atomic mass is 16.5. The number of esters is 1. The van der Waals surface area contributed by atoms with Crippen LogP contribution in [0.15, 0.2) is 42.6 Å². The average Bonchev–Trinajstić information content (AvgIpc) is 3.13. The van der Waals surface area contributed by atoms with Crippen LogP contribution in [0, 0.1) is 13.8 Å². The Bertz CT molecular complexity index is 1120. The minimum absolute atomic E-state index is 0.0327. The molecule has 0 saturated heterocycles. The topological polar surface area (TPSA) is 91.7 Å². The Morgan fingerprint density at radius 1 is 1.06 bits per heavy atom. The van der Waals surface area contributed by atoms with Crippen LogP contribution in [0.2, 0.25) is 0 Å². The molecule has 8 nitrogen and oxygen atoms in total. The largest absolute Gasteiger partial charge is 0.496 e. The minimum atomic E-state index is -0.631. The molecule has 3 rings (SSSR count). The van der Waals surface area contributed by atoms with Gasteiger partial charge in [-0.25, -0.2) is 4.79 Å². The summed E-state index contributed by atoms with van der Waals surface area (Å²) in [4.78, 5) is 24.7. The van der Waals surface area contributed by atoms with Crippen molar-refractivity contribution in [1.82, 2.24) is 9.78 Å². The smallest absolute Gasteiger partial charge is 0.360 e. The summed E-state index contributed by atoms with van der Waals surface area (Å²) in [7, 11) is 4.47. The van der Waals surface area contributed by atoms with Crippen LogP contribution in [0.1, 0.15) is 37.5 Å². The second-order valence-electron chi connectivity index (χ2n) is 7.10. The molecular weight excluding hydrogens is 398 g/mol. The van der Waals surface area contributed by atoms with Crippen molar-refractivity contribution in [3.05, 3.63) is 70.5 Å². The van der Waals surface area contributed by atoms with E-state index < -0.39 is 11.9 Å². The van der Waals surface area contributed by atoms with E-state index >= 15 is 0 Å². The summed E-state index contributed by atoms with van der Waals surface area (Å²) in [6, 6.07) is 11.0. The van der Waals surface area contributed by atoms with Crippen molar-refractivity contribution in [2.75, 3.05) is 19.5 Å². The van der Waals surface area contributed by atoms with Gasteiger partial charge >= 0.3 is 5.97 Å². The van der Waals surface area contributed by atoms with E-state index in [1.54, 1.807) is 32.4 Å². The fourth-order valence-electron chi connectivity index (χ4n) is 3.07. The van der Waals surface area contributed by atoms with Crippen molar-refractivity contribution in [1.29, 1.82) is 0 Å². The molecular formula is C23H25N3O5. The third kappa shape index (κ3) is 5.03. The Labute approximate surface area is 180 Å². The summed E-state index contributed by atoms with van der Waals surface area (Å²) in [5, 5.41) is 6.75. The van der Waals surface area contributed by atoms with Crippen LogP contribution in [0.25, 0.3) is 0 Å². The molecule has 0 unspecified atom stereocenters. The zero-order valence-electron chi connectivity index (χ0n) is 18.2. The number of nitrogens with one attached hydrogen (secondary N) is 1. The third-order valence-corrected chi connectivity index (χ3v) is 4.73. The van der Waals surface area contributed by atoms with Gasteiger partial charge in [0.05, 0.1) is 19.9 Å². The van der Waals surface area contributed by atoms with E-state index in [9.17, 15) is 9.59 Å². The number of amides is 1. The predicted molar refractivity (Wildman–Crippen MR) is 116 cm³/mol. The van der Waals surface area contributed by atoms with Gasteiger partial charge in [0.25, 0.3) is 5.91 Å². The molecule has 1 amide bonds. The van der Waals surface area contributed by atoms with Crippen molar-refractivity contribution in [3.63, 3.8) is 0 Å². The first-order valence-corrected chi connectivity index (χ1v) is 9.62. The Balaban J connectivity index is 1.82. The van der Waals surface area contributed by atoms with Gasteiger partial charge in [0.15, 0.2) is 5.69 Å². The Morgan fingerprint density at radius 3 is 2.55 bits per heavy atom. The summed E-state index contributed by atoms with van der Waals surface area (Å²) in [5.41, 5.74) is 3.52. The third-order valence-electron chi connectivity index (χ3n) is 4.73. The molecule has 0 atom stereocenters. The fourth-order valence-corrected chi connectivity index (χ4v) is 3.07. The van der Waals surface area contributed by atoms with Crippen LogP contribution in [-0.2, 0) is 18.4 Å². The summed E-state index contributed by atoms with van der Waals surface area (Å²) >= 11 is 0. The quantitative estimate of drug-likeness (QED) is 0.583. The molecule has 0 aliphatic carbocycles. The molecule has 1 aromatic heterocycles. The van der Waals surface area contributed by atoms with Crippen molar-refractivity contribution in [3.8, 4) is 11.5 Å². The molecule has 0 aliphatic heterocycles. The number of methoxy groups -OCH3 is 2. The lowest BCUT2D eigenvalue weighted by Crippen LogP contribution is -2.15. The zero-order valence-corrected chi connectivity index (χ0v) is 18.2. The molecule has 0 saturated carbocycles. The second kappa shape index (κ2) is 9.34. The SMILES string of the molecule is COC(=O)c1nn(C)cc1NC(=O)c1ccc(OC)c(COc2cc(C)ccc2C)c1. The van der Waals surface area contributed by atoms with E-state index in [0.29, 0.717) is 11.3 Å². The van der Waals surface area contributed by atoms with Crippen LogP contribution >= 0.6 is 0 Å². The van der Waals surface area contributed by atoms with Gasteiger partial charge in [-0.3, -0.25) is 9.48 Å². The number of aryl methyl sites for hydroxylation is 3. The van der Waals surface area contributed by atoms with E-state index in [2.05, 4.69) is 10.4 Å². The highest BCUT2D eigenvalue weighted by Gasteiger charge is 2.20. The Kier molecular flexibility index (Phi) is 6.59. The Hall–Kier alpha value is -3.81. The fraction of sp³-hybridized carbons (Fsp3) is 0.261. The first-order chi connectivity index (χ1) is 14.8. The molecule has 1 N–H and O–H groups in total. The molecule has 0 spiro atoms. The maximum Gasteiger partial charge on any atom is 0.360 e. The van der Waals surface area contributed by atoms with Crippen molar-refractivity contribution >= 4 is 17.6 Å². The van der Waals surface area contributed by atoms with Gasteiger partial charge < -0.3 is 19.5 Å². The van der Waals surface area contributed by atoms with E-state index in [0.717, 1.165) is 22.4 Å². The maximum atomic E-state index is 12.8. The van der Waals surface area contributed by atoms with Crippen LogP contribution in [0.5, 0.6) is 11.5 Å². The average molecular weight is 423 g/mol. The highest BCUT2D eigenvalue weighted by Crippen LogP contribution is 2.25. The summed E-state index contributed by atoms with van der Waals surface area (Å²) in [6.07, 6.45) is 1.54. The first kappa shape index (κ1) is 21.9. The standard InChI is InChI=1S/C23H25N3O5/c1-14-6-7-15(2)20(10-14)31-13-17-11-16(8-9-19(17)29-4)22(27)24-18-12-26(3)25-21(18)23(28)30-5/h6-12H,13H2,1-5H3,(H,24,27). The molecule has 3 aromatic rings. The van der Waals surface area contributed by atoms with E-state index in [-0.39, 0.29) is 18.0 Å². The lowest BCUT2D eigenvalue weighted by molar-refractivity contribution is 0.0594. The summed E-state index contributed by atoms with van der Waals surface area (Å²) in [6.45, 7) is 4.20. The van der Waals surface area contributed by atoms with Crippen LogP contribution in [-0.4, -0.2) is 35.9 Å². The molecule has 2 aromatic carbocycles. The number of ether oxygens (including phenoxy) is 3. The number of aromatic nitrogens is 2. The van der Waals surface area contributed by atoms with Gasteiger partial charge in [-0.2, -0.15) is 5.10 Å². The van der Waals surface area contributed by atoms with Crippen LogP contribution in [0.4, 0.5) is 5.69 Å². The molecule has 0 radical (unpaired) electrons. The van der Waals surface area contributed by atoms with E-state index in [1.807, 2.05) is 32.0 Å². The number of carbonyl (C=O) groups is 2. The van der Waals surface area contributed by atoms with Crippen molar-refractivity contribution in [2.24, 2.45) is 7.05 Å². The normalized spacial score (nSPS) is 10.5. The van der Waals surface area contributed by atoms with Crippen molar-refractivity contribution in [2.45, 2.75) is 20.5 Å². The first-order valence-electron chi connectivity index (χ1n) is 9.62. The lowest BCUT2D eigenvalue weighted by Gasteiger charge is -2.14. The number of anilines is 1. The second-order valence-corrected chi connectivity index (χ2v) is 7.10. The molecule has 0 bridgehead atoms. The molecule has 8 heteroatoms. The van der Waals surface area contributed by atoms with Gasteiger partial charge in [-0.1, -0.05) is 12.1 Å². The molecule has 1 heterocycles. The van der Waals surface area contributed by atoms with Crippen molar-refractivity contribution < 1.29 is 23.8 Å². The molecule has 31 heavy (non-hydrogen) atoms. The summed E-state index contributed by atoms with van der Waals surface area (Å²) < 4.78 is 17.6. The van der Waals surface area contributed by atoms with Gasteiger partial charge in [-0.05, 0) is 49.2 Å². The lowest BCUT2D eigenvalue weighted by atomic mass is 10.1. The molecule has 0 aliphatic rings.